The van der Waals surface area contributed by atoms with Crippen molar-refractivity contribution in [3.8, 4) is 0 Å². The molecule has 0 saturated carbocycles. The maximum atomic E-state index is 3.36. The summed E-state index contributed by atoms with van der Waals surface area (Å²) in [6.45, 7) is 6.72. The van der Waals surface area contributed by atoms with Crippen molar-refractivity contribution >= 4 is 27.3 Å². The Bertz CT molecular complexity index is 24.6. The molecule has 0 aliphatic rings. The zero-order valence-corrected chi connectivity index (χ0v) is 8.77. The second-order valence-electron chi connectivity index (χ2n) is 0.471. The van der Waals surface area contributed by atoms with E-state index in [1.165, 1.54) is 0 Å². The van der Waals surface area contributed by atoms with E-state index < -0.39 is 0 Å². The van der Waals surface area contributed by atoms with Gasteiger partial charge in [-0.2, -0.15) is 0 Å². The molecule has 0 saturated heterocycles. The Kier molecular flexibility index (Phi) is 16.0. The number of hydrogen-bond donors (Lipinski definition) is 0. The van der Waals surface area contributed by atoms with Gasteiger partial charge in [0.25, 0.3) is 0 Å². The monoisotopic (exact) mass is 264 g/mol. The molecule has 0 fully saturated rings. The van der Waals surface area contributed by atoms with Crippen LogP contribution >= 0.6 is 0 Å². The van der Waals surface area contributed by atoms with Crippen molar-refractivity contribution in [3.05, 3.63) is 25.3 Å². The van der Waals surface area contributed by atoms with Gasteiger partial charge in [0.1, 0.15) is 0 Å². The third kappa shape index (κ3) is 12.9. The molecule has 0 aliphatic heterocycles. The molecule has 0 amide bonds. The molecule has 0 unspecified atom stereocenters. The molecule has 0 aromatic heterocycles. The van der Waals surface area contributed by atoms with Gasteiger partial charge < -0.3 is 0 Å². The summed E-state index contributed by atoms with van der Waals surface area (Å²) in [6, 6.07) is 0. The second kappa shape index (κ2) is 8.83. The van der Waals surface area contributed by atoms with E-state index in [4.69, 9.17) is 0 Å². The second-order valence-corrected chi connectivity index (χ2v) is 0.471. The Hall–Kier alpha value is 0.402. The van der Waals surface area contributed by atoms with Crippen molar-refractivity contribution in [3.63, 3.8) is 0 Å². The van der Waals surface area contributed by atoms with Crippen LogP contribution in [0.4, 0.5) is 0 Å². The van der Waals surface area contributed by atoms with Gasteiger partial charge in [-0.15, -0.1) is 0 Å². The molecule has 1 heteroatoms. The van der Waals surface area contributed by atoms with Crippen LogP contribution in [0.2, 0.25) is 0 Å². The van der Waals surface area contributed by atoms with Gasteiger partial charge in [0.05, 0.1) is 0 Å². The van der Waals surface area contributed by atoms with Gasteiger partial charge in [-0.05, 0) is 0 Å². The first kappa shape index (κ1) is 9.04. The third-order valence-corrected chi connectivity index (χ3v) is 0.167. The molecule has 0 aliphatic carbocycles. The van der Waals surface area contributed by atoms with Gasteiger partial charge in [0, 0.05) is 0 Å². The van der Waals surface area contributed by atoms with E-state index in [9.17, 15) is 0 Å². The van der Waals surface area contributed by atoms with Crippen molar-refractivity contribution in [2.45, 2.75) is 0 Å². The Morgan fingerprint density at radius 2 is 1.20 bits per heavy atom. The Labute approximate surface area is 52.7 Å². The fourth-order valence-corrected chi connectivity index (χ4v) is 0. The first-order valence-electron chi connectivity index (χ1n) is 1.15. The summed E-state index contributed by atoms with van der Waals surface area (Å²) in [5, 5.41) is 0. The van der Waals surface area contributed by atoms with E-state index in [2.05, 4.69) is 13.2 Å². The van der Waals surface area contributed by atoms with Crippen LogP contribution in [-0.2, 0) is 0 Å². The van der Waals surface area contributed by atoms with Crippen molar-refractivity contribution in [2.24, 2.45) is 0 Å². The molecular weight excluding hydrogens is 255 g/mol. The number of rotatable bonds is 1. The van der Waals surface area contributed by atoms with Gasteiger partial charge in [0.15, 0.2) is 0 Å². The molecule has 0 aromatic rings. The molecule has 28 valence electrons. The van der Waals surface area contributed by atoms with Crippen LogP contribution in [0, 0.1) is 0 Å². The van der Waals surface area contributed by atoms with Crippen LogP contribution in [-0.4, -0.2) is 27.3 Å². The van der Waals surface area contributed by atoms with Crippen LogP contribution < -0.4 is 0 Å². The zero-order chi connectivity index (χ0) is 3.41. The van der Waals surface area contributed by atoms with Crippen molar-refractivity contribution in [1.82, 2.24) is 0 Å². The molecule has 0 spiro atoms. The van der Waals surface area contributed by atoms with Gasteiger partial charge >= 0.3 is 27.3 Å². The SMILES string of the molecule is C=CC=C.[PbH2]. The molecule has 0 N–H and O–H groups in total. The van der Waals surface area contributed by atoms with Crippen LogP contribution in [0.1, 0.15) is 0 Å². The quantitative estimate of drug-likeness (QED) is 0.476. The average molecular weight is 263 g/mol. The summed E-state index contributed by atoms with van der Waals surface area (Å²) in [5.41, 5.74) is 0. The molecule has 5 heavy (non-hydrogen) atoms. The van der Waals surface area contributed by atoms with E-state index in [0.29, 0.717) is 0 Å². The average Bonchev–Trinajstić information content (AvgIpc) is 1.37. The summed E-state index contributed by atoms with van der Waals surface area (Å²) < 4.78 is 0. The molecule has 0 nitrogen and oxygen atoms in total. The molecule has 0 rings (SSSR count). The Morgan fingerprint density at radius 1 is 1.00 bits per heavy atom. The predicted octanol–water partition coefficient (Wildman–Crippen LogP) is 0.442. The van der Waals surface area contributed by atoms with Crippen LogP contribution in [0.5, 0.6) is 0 Å². The number of hydrogen-bond acceptors (Lipinski definition) is 0. The maximum absolute atomic E-state index is 3.36. The van der Waals surface area contributed by atoms with Gasteiger partial charge in [0.2, 0.25) is 0 Å². The van der Waals surface area contributed by atoms with E-state index in [1.807, 2.05) is 0 Å². The van der Waals surface area contributed by atoms with Gasteiger partial charge in [-0.25, -0.2) is 0 Å². The van der Waals surface area contributed by atoms with E-state index in [-0.39, 0.29) is 27.3 Å². The molecule has 0 bridgehead atoms. The number of allylic oxidation sites excluding steroid dienone is 2. The first-order valence-corrected chi connectivity index (χ1v) is 1.15. The predicted molar refractivity (Wildman–Crippen MR) is 28.9 cm³/mol. The zero-order valence-electron chi connectivity index (χ0n) is 3.28. The summed E-state index contributed by atoms with van der Waals surface area (Å²) in [4.78, 5) is 0. The topological polar surface area (TPSA) is 0 Å². The van der Waals surface area contributed by atoms with Gasteiger partial charge in [-0.3, -0.25) is 0 Å². The van der Waals surface area contributed by atoms with Gasteiger partial charge in [-0.1, -0.05) is 25.3 Å². The van der Waals surface area contributed by atoms with Crippen molar-refractivity contribution < 1.29 is 0 Å². The fraction of sp³-hybridized carbons (Fsp3) is 0. The molecule has 2 radical (unpaired) electrons. The first-order chi connectivity index (χ1) is 1.91. The normalized spacial score (nSPS) is 4.00. The fourth-order valence-electron chi connectivity index (χ4n) is 0. The van der Waals surface area contributed by atoms with Crippen LogP contribution in [0.25, 0.3) is 0 Å². The van der Waals surface area contributed by atoms with Crippen LogP contribution in [0.3, 0.4) is 0 Å². The molecule has 0 atom stereocenters. The van der Waals surface area contributed by atoms with Crippen molar-refractivity contribution in [1.29, 1.82) is 0 Å². The summed E-state index contributed by atoms with van der Waals surface area (Å²) in [7, 11) is 0. The van der Waals surface area contributed by atoms with Crippen LogP contribution in [0.15, 0.2) is 25.3 Å². The van der Waals surface area contributed by atoms with E-state index >= 15 is 0 Å². The molecule has 0 aromatic carbocycles. The van der Waals surface area contributed by atoms with Crippen molar-refractivity contribution in [2.75, 3.05) is 0 Å². The Balaban J connectivity index is 0. The summed E-state index contributed by atoms with van der Waals surface area (Å²) in [5.74, 6) is 0. The van der Waals surface area contributed by atoms with E-state index in [0.717, 1.165) is 0 Å². The standard InChI is InChI=1S/C4H6.Pb.2H/c1-3-4-2;;;/h3-4H,1-2H2;;;. The minimum absolute atomic E-state index is 0. The summed E-state index contributed by atoms with van der Waals surface area (Å²) >= 11 is 0. The van der Waals surface area contributed by atoms with E-state index in [1.54, 1.807) is 12.2 Å². The third-order valence-electron chi connectivity index (χ3n) is 0.167. The minimum atomic E-state index is 0. The molecule has 0 heterocycles. The molecular formula is C4H8Pb. The summed E-state index contributed by atoms with van der Waals surface area (Å²) in [6.07, 6.45) is 3.28. The Morgan fingerprint density at radius 3 is 1.20 bits per heavy atom.